The van der Waals surface area contributed by atoms with Gasteiger partial charge in [0.25, 0.3) is 0 Å². The Kier molecular flexibility index (Phi) is 7.26. The summed E-state index contributed by atoms with van der Waals surface area (Å²) in [7, 11) is 0. The molecular formula is C41H36N2O2. The number of ether oxygens (including phenoxy) is 2. The fourth-order valence-corrected chi connectivity index (χ4v) is 6.80. The number of nitrogen functional groups attached to an aromatic ring is 2. The van der Waals surface area contributed by atoms with Gasteiger partial charge in [0.1, 0.15) is 11.5 Å². The average molecular weight is 589 g/mol. The van der Waals surface area contributed by atoms with E-state index in [2.05, 4.69) is 86.6 Å². The van der Waals surface area contributed by atoms with Crippen LogP contribution in [0.3, 0.4) is 0 Å². The van der Waals surface area contributed by atoms with Gasteiger partial charge in [0.2, 0.25) is 0 Å². The summed E-state index contributed by atoms with van der Waals surface area (Å²) >= 11 is 0. The fraction of sp³-hybridized carbons (Fsp3) is 0.122. The Labute approximate surface area is 264 Å². The SMILES string of the molecule is CCc1cccc(Oc2ccc(C3(c4ccc(Oc5cccc(CC)c5N)cc4)c4ccccc4-c4ccccc43)cc2)c1N. The lowest BCUT2D eigenvalue weighted by atomic mass is 9.68. The first-order chi connectivity index (χ1) is 22.0. The number of nitrogens with two attached hydrogens (primary N) is 2. The van der Waals surface area contributed by atoms with Crippen molar-refractivity contribution in [2.45, 2.75) is 32.1 Å². The van der Waals surface area contributed by atoms with Gasteiger partial charge in [-0.3, -0.25) is 0 Å². The molecule has 0 aromatic heterocycles. The predicted octanol–water partition coefficient (Wildman–Crippen LogP) is 9.92. The molecule has 6 aromatic rings. The third-order valence-corrected chi connectivity index (χ3v) is 9.06. The molecule has 0 bridgehead atoms. The first-order valence-electron chi connectivity index (χ1n) is 15.6. The molecule has 0 atom stereocenters. The molecule has 0 fully saturated rings. The number of rotatable bonds is 8. The molecule has 0 radical (unpaired) electrons. The Morgan fingerprint density at radius 1 is 0.467 bits per heavy atom. The molecule has 1 aliphatic carbocycles. The molecule has 4 heteroatoms. The van der Waals surface area contributed by atoms with Crippen LogP contribution >= 0.6 is 0 Å². The van der Waals surface area contributed by atoms with Gasteiger partial charge in [0, 0.05) is 0 Å². The predicted molar refractivity (Wildman–Crippen MR) is 184 cm³/mol. The quantitative estimate of drug-likeness (QED) is 0.173. The first-order valence-corrected chi connectivity index (χ1v) is 15.6. The average Bonchev–Trinajstić information content (AvgIpc) is 3.38. The smallest absolute Gasteiger partial charge is 0.150 e. The van der Waals surface area contributed by atoms with E-state index in [-0.39, 0.29) is 0 Å². The highest BCUT2D eigenvalue weighted by Gasteiger charge is 2.45. The Balaban J connectivity index is 1.33. The van der Waals surface area contributed by atoms with E-state index in [0.29, 0.717) is 22.9 Å². The molecule has 0 spiro atoms. The van der Waals surface area contributed by atoms with Crippen LogP contribution in [0.2, 0.25) is 0 Å². The van der Waals surface area contributed by atoms with Crippen molar-refractivity contribution in [2.24, 2.45) is 0 Å². The van der Waals surface area contributed by atoms with Gasteiger partial charge < -0.3 is 20.9 Å². The van der Waals surface area contributed by atoms with Gasteiger partial charge in [-0.2, -0.15) is 0 Å². The minimum Gasteiger partial charge on any atom is -0.455 e. The van der Waals surface area contributed by atoms with Crippen molar-refractivity contribution in [1.29, 1.82) is 0 Å². The number of benzene rings is 6. The number of anilines is 2. The summed E-state index contributed by atoms with van der Waals surface area (Å²) in [5.41, 5.74) is 23.1. The summed E-state index contributed by atoms with van der Waals surface area (Å²) in [6, 6.07) is 46.2. The molecule has 7 rings (SSSR count). The van der Waals surface area contributed by atoms with Crippen molar-refractivity contribution >= 4 is 11.4 Å². The topological polar surface area (TPSA) is 70.5 Å². The van der Waals surface area contributed by atoms with Crippen LogP contribution in [0.15, 0.2) is 133 Å². The maximum Gasteiger partial charge on any atom is 0.150 e. The van der Waals surface area contributed by atoms with Crippen molar-refractivity contribution in [3.05, 3.63) is 167 Å². The molecule has 0 amide bonds. The van der Waals surface area contributed by atoms with Crippen LogP contribution in [0, 0.1) is 0 Å². The number of hydrogen-bond donors (Lipinski definition) is 2. The summed E-state index contributed by atoms with van der Waals surface area (Å²) in [4.78, 5) is 0. The van der Waals surface area contributed by atoms with Gasteiger partial charge in [0.15, 0.2) is 11.5 Å². The second-order valence-electron chi connectivity index (χ2n) is 11.5. The van der Waals surface area contributed by atoms with Crippen LogP contribution in [-0.4, -0.2) is 0 Å². The zero-order valence-electron chi connectivity index (χ0n) is 25.6. The maximum absolute atomic E-state index is 6.42. The highest BCUT2D eigenvalue weighted by molar-refractivity contribution is 5.86. The molecule has 1 aliphatic rings. The van der Waals surface area contributed by atoms with Crippen molar-refractivity contribution < 1.29 is 9.47 Å². The van der Waals surface area contributed by atoms with Crippen molar-refractivity contribution in [2.75, 3.05) is 11.5 Å². The van der Waals surface area contributed by atoms with E-state index in [4.69, 9.17) is 20.9 Å². The summed E-state index contributed by atoms with van der Waals surface area (Å²) in [6.45, 7) is 4.19. The molecule has 4 nitrogen and oxygen atoms in total. The van der Waals surface area contributed by atoms with Crippen LogP contribution in [0.4, 0.5) is 11.4 Å². The van der Waals surface area contributed by atoms with Crippen molar-refractivity contribution in [3.8, 4) is 34.1 Å². The molecule has 45 heavy (non-hydrogen) atoms. The van der Waals surface area contributed by atoms with E-state index in [0.717, 1.165) is 46.6 Å². The van der Waals surface area contributed by atoms with Gasteiger partial charge >= 0.3 is 0 Å². The standard InChI is InChI=1S/C41H36N2O2/c1-3-27-11-9-17-37(39(27)42)44-31-23-19-29(20-24-31)41(35-15-7-5-13-33(35)34-14-6-8-16-36(34)41)30-21-25-32(26-22-30)45-38-18-10-12-28(4-2)40(38)43/h5-26H,3-4,42-43H2,1-2H3. The third-order valence-electron chi connectivity index (χ3n) is 9.06. The van der Waals surface area contributed by atoms with Crippen LogP contribution in [-0.2, 0) is 18.3 Å². The monoisotopic (exact) mass is 588 g/mol. The minimum absolute atomic E-state index is 0.535. The number of fused-ring (bicyclic) bond motifs is 3. The fourth-order valence-electron chi connectivity index (χ4n) is 6.80. The lowest BCUT2D eigenvalue weighted by Gasteiger charge is -2.34. The minimum atomic E-state index is -0.535. The van der Waals surface area contributed by atoms with E-state index in [1.165, 1.54) is 22.3 Å². The van der Waals surface area contributed by atoms with Gasteiger partial charge in [0.05, 0.1) is 16.8 Å². The van der Waals surface area contributed by atoms with Gasteiger partial charge in [-0.25, -0.2) is 0 Å². The Hall–Kier alpha value is -5.48. The molecule has 0 heterocycles. The van der Waals surface area contributed by atoms with E-state index >= 15 is 0 Å². The van der Waals surface area contributed by atoms with Crippen molar-refractivity contribution in [3.63, 3.8) is 0 Å². The normalized spacial score (nSPS) is 12.8. The molecule has 0 saturated carbocycles. The van der Waals surface area contributed by atoms with Crippen LogP contribution in [0.5, 0.6) is 23.0 Å². The van der Waals surface area contributed by atoms with Crippen LogP contribution in [0.1, 0.15) is 47.2 Å². The Bertz CT molecular complexity index is 1850. The second-order valence-corrected chi connectivity index (χ2v) is 11.5. The highest BCUT2D eigenvalue weighted by Crippen LogP contribution is 2.56. The molecule has 0 saturated heterocycles. The zero-order chi connectivity index (χ0) is 31.0. The van der Waals surface area contributed by atoms with Gasteiger partial charge in [-0.05, 0) is 93.7 Å². The maximum atomic E-state index is 6.42. The number of aryl methyl sites for hydroxylation is 2. The van der Waals surface area contributed by atoms with E-state index in [9.17, 15) is 0 Å². The van der Waals surface area contributed by atoms with Gasteiger partial charge in [-0.1, -0.05) is 111 Å². The Morgan fingerprint density at radius 2 is 0.867 bits per heavy atom. The second kappa shape index (κ2) is 11.5. The van der Waals surface area contributed by atoms with Crippen LogP contribution in [0.25, 0.3) is 11.1 Å². The largest absolute Gasteiger partial charge is 0.455 e. The van der Waals surface area contributed by atoms with Gasteiger partial charge in [-0.15, -0.1) is 0 Å². The lowest BCUT2D eigenvalue weighted by Crippen LogP contribution is -2.28. The molecule has 0 unspecified atom stereocenters. The molecule has 6 aromatic carbocycles. The Morgan fingerprint density at radius 3 is 1.27 bits per heavy atom. The van der Waals surface area contributed by atoms with E-state index < -0.39 is 5.41 Å². The first kappa shape index (κ1) is 28.3. The number of para-hydroxylation sites is 2. The lowest BCUT2D eigenvalue weighted by molar-refractivity contribution is 0.483. The van der Waals surface area contributed by atoms with Crippen LogP contribution < -0.4 is 20.9 Å². The summed E-state index contributed by atoms with van der Waals surface area (Å²) < 4.78 is 12.6. The molecule has 222 valence electrons. The van der Waals surface area contributed by atoms with E-state index in [1.807, 2.05) is 60.7 Å². The summed E-state index contributed by atoms with van der Waals surface area (Å²) in [6.07, 6.45) is 1.71. The summed E-state index contributed by atoms with van der Waals surface area (Å²) in [5.74, 6) is 2.83. The van der Waals surface area contributed by atoms with E-state index in [1.54, 1.807) is 0 Å². The molecular weight excluding hydrogens is 552 g/mol. The zero-order valence-corrected chi connectivity index (χ0v) is 25.6. The summed E-state index contributed by atoms with van der Waals surface area (Å²) in [5, 5.41) is 0. The third kappa shape index (κ3) is 4.70. The highest BCUT2D eigenvalue weighted by atomic mass is 16.5. The molecule has 0 aliphatic heterocycles. The van der Waals surface area contributed by atoms with Crippen molar-refractivity contribution in [1.82, 2.24) is 0 Å². The molecule has 4 N–H and O–H groups in total. The number of hydrogen-bond acceptors (Lipinski definition) is 4.